The number of nitrogens with two attached hydrogens (primary N) is 1. The number of rotatable bonds is 3. The molecule has 2 aromatic rings. The van der Waals surface area contributed by atoms with Crippen molar-refractivity contribution in [2.24, 2.45) is 5.73 Å². The molecule has 0 spiro atoms. The van der Waals surface area contributed by atoms with Gasteiger partial charge >= 0.3 is 0 Å². The third-order valence-electron chi connectivity index (χ3n) is 3.43. The van der Waals surface area contributed by atoms with Crippen LogP contribution in [0, 0.1) is 0 Å². The molecule has 0 unspecified atom stereocenters. The summed E-state index contributed by atoms with van der Waals surface area (Å²) >= 11 is 4.97. The highest BCUT2D eigenvalue weighted by Crippen LogP contribution is 2.35. The molecular weight excluding hydrogens is 340 g/mol. The predicted octanol–water partition coefficient (Wildman–Crippen LogP) is 2.32. The predicted molar refractivity (Wildman–Crippen MR) is 85.4 cm³/mol. The minimum Gasteiger partial charge on any atom is -0.366 e. The van der Waals surface area contributed by atoms with Crippen molar-refractivity contribution in [1.29, 1.82) is 0 Å². The highest BCUT2D eigenvalue weighted by atomic mass is 79.9. The van der Waals surface area contributed by atoms with Gasteiger partial charge in [-0.1, -0.05) is 0 Å². The van der Waals surface area contributed by atoms with Gasteiger partial charge in [-0.2, -0.15) is 0 Å². The molecule has 3 rings (SSSR count). The van der Waals surface area contributed by atoms with Crippen LogP contribution in [-0.2, 0) is 0 Å². The zero-order chi connectivity index (χ0) is 14.1. The Morgan fingerprint density at radius 3 is 3.15 bits per heavy atom. The van der Waals surface area contributed by atoms with Crippen molar-refractivity contribution in [3.05, 3.63) is 21.6 Å². The number of nitrogens with zero attached hydrogens (tertiary/aromatic N) is 1. The Bertz CT molecular complexity index is 651. The van der Waals surface area contributed by atoms with Gasteiger partial charge in [-0.15, -0.1) is 11.3 Å². The van der Waals surface area contributed by atoms with Gasteiger partial charge in [0.05, 0.1) is 14.0 Å². The van der Waals surface area contributed by atoms with Crippen LogP contribution in [0.15, 0.2) is 16.0 Å². The second-order valence-corrected chi connectivity index (χ2v) is 7.30. The molecule has 1 aliphatic heterocycles. The highest BCUT2D eigenvalue weighted by Gasteiger charge is 2.18. The van der Waals surface area contributed by atoms with Gasteiger partial charge in [0.25, 0.3) is 5.91 Å². The van der Waals surface area contributed by atoms with E-state index >= 15 is 0 Å². The molecule has 0 aliphatic carbocycles. The number of nitrogens with one attached hydrogen (secondary N) is 2. The lowest BCUT2D eigenvalue weighted by Crippen LogP contribution is -2.38. The maximum absolute atomic E-state index is 11.5. The van der Waals surface area contributed by atoms with Crippen LogP contribution in [0.2, 0.25) is 0 Å². The standard InChI is InChI=1S/C13H15BrN4OS/c14-10-4-8-11(20-10)9(12(15)19)6-17-13(8)18-7-2-1-3-16-5-7/h4,6-7,16H,1-3,5H2,(H2,15,19)(H,17,18)/t7-/m0/s1. The third kappa shape index (κ3) is 2.65. The summed E-state index contributed by atoms with van der Waals surface area (Å²) < 4.78 is 1.85. The van der Waals surface area contributed by atoms with Crippen LogP contribution in [0.4, 0.5) is 5.82 Å². The first-order valence-electron chi connectivity index (χ1n) is 6.50. The van der Waals surface area contributed by atoms with E-state index < -0.39 is 5.91 Å². The molecule has 4 N–H and O–H groups in total. The van der Waals surface area contributed by atoms with Crippen LogP contribution in [0.25, 0.3) is 10.1 Å². The molecule has 1 amide bonds. The molecule has 7 heteroatoms. The number of thiophene rings is 1. The van der Waals surface area contributed by atoms with E-state index in [4.69, 9.17) is 5.73 Å². The van der Waals surface area contributed by atoms with E-state index in [0.717, 1.165) is 45.6 Å². The Morgan fingerprint density at radius 2 is 2.45 bits per heavy atom. The van der Waals surface area contributed by atoms with Gasteiger partial charge in [-0.3, -0.25) is 4.79 Å². The fraction of sp³-hybridized carbons (Fsp3) is 0.385. The quantitative estimate of drug-likeness (QED) is 0.790. The van der Waals surface area contributed by atoms with Gasteiger partial charge in [0.1, 0.15) is 5.82 Å². The Hall–Kier alpha value is -1.18. The SMILES string of the molecule is NC(=O)c1cnc(N[C@H]2CCCNC2)c2cc(Br)sc12. The van der Waals surface area contributed by atoms with E-state index in [0.29, 0.717) is 11.6 Å². The molecule has 1 saturated heterocycles. The number of aromatic nitrogens is 1. The Labute approximate surface area is 129 Å². The Morgan fingerprint density at radius 1 is 1.60 bits per heavy atom. The first-order valence-corrected chi connectivity index (χ1v) is 8.11. The molecule has 0 saturated carbocycles. The van der Waals surface area contributed by atoms with Gasteiger partial charge in [0.15, 0.2) is 0 Å². The van der Waals surface area contributed by atoms with E-state index in [1.165, 1.54) is 11.3 Å². The number of hydrogen-bond donors (Lipinski definition) is 3. The summed E-state index contributed by atoms with van der Waals surface area (Å²) in [5, 5.41) is 7.78. The lowest BCUT2D eigenvalue weighted by atomic mass is 10.1. The van der Waals surface area contributed by atoms with E-state index in [1.807, 2.05) is 6.07 Å². The number of amides is 1. The van der Waals surface area contributed by atoms with Gasteiger partial charge in [-0.05, 0) is 41.4 Å². The Balaban J connectivity index is 1.98. The van der Waals surface area contributed by atoms with Crippen LogP contribution in [-0.4, -0.2) is 30.0 Å². The van der Waals surface area contributed by atoms with Gasteiger partial charge < -0.3 is 16.4 Å². The molecule has 1 fully saturated rings. The van der Waals surface area contributed by atoms with Gasteiger partial charge in [0, 0.05) is 24.2 Å². The third-order valence-corrected chi connectivity index (χ3v) is 5.10. The lowest BCUT2D eigenvalue weighted by molar-refractivity contribution is 0.100. The summed E-state index contributed by atoms with van der Waals surface area (Å²) in [5.41, 5.74) is 5.88. The number of anilines is 1. The van der Waals surface area contributed by atoms with E-state index in [-0.39, 0.29) is 0 Å². The van der Waals surface area contributed by atoms with Crippen LogP contribution in [0.5, 0.6) is 0 Å². The van der Waals surface area contributed by atoms with Gasteiger partial charge in [-0.25, -0.2) is 4.98 Å². The summed E-state index contributed by atoms with van der Waals surface area (Å²) in [4.78, 5) is 15.9. The number of primary amides is 1. The molecule has 5 nitrogen and oxygen atoms in total. The largest absolute Gasteiger partial charge is 0.366 e. The minimum absolute atomic E-state index is 0.373. The molecule has 20 heavy (non-hydrogen) atoms. The topological polar surface area (TPSA) is 80.0 Å². The van der Waals surface area contributed by atoms with Crippen molar-refractivity contribution in [3.8, 4) is 0 Å². The number of pyridine rings is 1. The number of piperidine rings is 1. The van der Waals surface area contributed by atoms with Crippen molar-refractivity contribution in [2.75, 3.05) is 18.4 Å². The van der Waals surface area contributed by atoms with Crippen molar-refractivity contribution in [3.63, 3.8) is 0 Å². The molecule has 0 radical (unpaired) electrons. The Kier molecular flexibility index (Phi) is 3.91. The second kappa shape index (κ2) is 5.67. The molecular formula is C13H15BrN4OS. The van der Waals surface area contributed by atoms with Crippen LogP contribution >= 0.6 is 27.3 Å². The zero-order valence-corrected chi connectivity index (χ0v) is 13.2. The molecule has 1 atom stereocenters. The van der Waals surface area contributed by atoms with Crippen molar-refractivity contribution in [1.82, 2.24) is 10.3 Å². The number of fused-ring (bicyclic) bond motifs is 1. The molecule has 0 bridgehead atoms. The summed E-state index contributed by atoms with van der Waals surface area (Å²) in [6, 6.07) is 2.36. The summed E-state index contributed by atoms with van der Waals surface area (Å²) in [5.74, 6) is 0.378. The van der Waals surface area contributed by atoms with Crippen molar-refractivity contribution in [2.45, 2.75) is 18.9 Å². The molecule has 1 aliphatic rings. The second-order valence-electron chi connectivity index (χ2n) is 4.87. The zero-order valence-electron chi connectivity index (χ0n) is 10.8. The average Bonchev–Trinajstić information content (AvgIpc) is 2.81. The first kappa shape index (κ1) is 13.8. The smallest absolute Gasteiger partial charge is 0.251 e. The van der Waals surface area contributed by atoms with Crippen LogP contribution < -0.4 is 16.4 Å². The van der Waals surface area contributed by atoms with Crippen molar-refractivity contribution >= 4 is 49.1 Å². The van der Waals surface area contributed by atoms with Crippen molar-refractivity contribution < 1.29 is 4.79 Å². The average molecular weight is 355 g/mol. The number of carbonyl (C=O) groups is 1. The monoisotopic (exact) mass is 354 g/mol. The van der Waals surface area contributed by atoms with Gasteiger partial charge in [0.2, 0.25) is 0 Å². The first-order chi connectivity index (χ1) is 9.65. The lowest BCUT2D eigenvalue weighted by Gasteiger charge is -2.24. The molecule has 3 heterocycles. The molecule has 0 aromatic carbocycles. The fourth-order valence-corrected chi connectivity index (χ4v) is 4.07. The van der Waals surface area contributed by atoms with E-state index in [9.17, 15) is 4.79 Å². The van der Waals surface area contributed by atoms with E-state index in [2.05, 4.69) is 31.5 Å². The summed E-state index contributed by atoms with van der Waals surface area (Å²) in [6.45, 7) is 2.01. The number of halogens is 1. The molecule has 106 valence electrons. The fourth-order valence-electron chi connectivity index (χ4n) is 2.45. The summed E-state index contributed by atoms with van der Waals surface area (Å²) in [6.07, 6.45) is 3.85. The highest BCUT2D eigenvalue weighted by molar-refractivity contribution is 9.11. The summed E-state index contributed by atoms with van der Waals surface area (Å²) in [7, 11) is 0. The maximum Gasteiger partial charge on any atom is 0.251 e. The minimum atomic E-state index is -0.442. The van der Waals surface area contributed by atoms with Crippen LogP contribution in [0.3, 0.4) is 0 Å². The number of carbonyl (C=O) groups excluding carboxylic acids is 1. The maximum atomic E-state index is 11.5. The van der Waals surface area contributed by atoms with E-state index in [1.54, 1.807) is 6.20 Å². The normalized spacial score (nSPS) is 19.1. The van der Waals surface area contributed by atoms with Crippen LogP contribution in [0.1, 0.15) is 23.2 Å². The molecule has 2 aromatic heterocycles. The number of hydrogen-bond acceptors (Lipinski definition) is 5.